The van der Waals surface area contributed by atoms with Gasteiger partial charge in [-0.1, -0.05) is 12.1 Å². The summed E-state index contributed by atoms with van der Waals surface area (Å²) in [6, 6.07) is 5.72. The number of nitrogens with one attached hydrogen (secondary N) is 1. The summed E-state index contributed by atoms with van der Waals surface area (Å²) in [5.41, 5.74) is 9.69. The van der Waals surface area contributed by atoms with E-state index in [9.17, 15) is 4.79 Å². The van der Waals surface area contributed by atoms with Crippen LogP contribution in [0.4, 0.5) is 10.5 Å². The topological polar surface area (TPSA) is 82.4 Å². The molecule has 88 valence electrons. The van der Waals surface area contributed by atoms with E-state index in [2.05, 4.69) is 4.98 Å². The maximum Gasteiger partial charge on any atom is 0.407 e. The number of nitrogens with zero attached hydrogens (tertiary/aromatic N) is 1. The monoisotopic (exact) mass is 231 g/mol. The Morgan fingerprint density at radius 3 is 3.06 bits per heavy atom. The number of H-pyrrole nitrogens is 1. The number of aromatic nitrogens is 1. The van der Waals surface area contributed by atoms with Crippen molar-refractivity contribution in [1.29, 1.82) is 0 Å². The highest BCUT2D eigenvalue weighted by Gasteiger charge is 2.23. The smallest absolute Gasteiger partial charge is 0.407 e. The van der Waals surface area contributed by atoms with Crippen molar-refractivity contribution in [3.05, 3.63) is 29.5 Å². The second-order valence-corrected chi connectivity index (χ2v) is 4.31. The standard InChI is InChI=1S/C12H13N3O2/c13-9-3-1-2-7-8-6-15(12(16)17)5-4-10(8)14-11(7)9/h1-3,14H,4-6,13H2,(H,16,17). The number of amides is 1. The van der Waals surface area contributed by atoms with E-state index in [0.717, 1.165) is 28.6 Å². The summed E-state index contributed by atoms with van der Waals surface area (Å²) in [5.74, 6) is 0. The summed E-state index contributed by atoms with van der Waals surface area (Å²) in [5, 5.41) is 10.1. The van der Waals surface area contributed by atoms with Crippen LogP contribution in [0.15, 0.2) is 18.2 Å². The Kier molecular flexibility index (Phi) is 2.01. The molecule has 0 atom stereocenters. The van der Waals surface area contributed by atoms with Crippen molar-refractivity contribution in [1.82, 2.24) is 9.88 Å². The van der Waals surface area contributed by atoms with Gasteiger partial charge in [0, 0.05) is 29.6 Å². The second-order valence-electron chi connectivity index (χ2n) is 4.31. The molecule has 0 radical (unpaired) electrons. The Morgan fingerprint density at radius 1 is 1.47 bits per heavy atom. The molecule has 1 aromatic heterocycles. The molecule has 1 amide bonds. The molecule has 0 saturated carbocycles. The number of nitrogen functional groups attached to an aromatic ring is 1. The molecule has 3 rings (SSSR count). The van der Waals surface area contributed by atoms with Crippen molar-refractivity contribution in [2.45, 2.75) is 13.0 Å². The van der Waals surface area contributed by atoms with Crippen LogP contribution in [0, 0.1) is 0 Å². The van der Waals surface area contributed by atoms with E-state index in [1.54, 1.807) is 0 Å². The van der Waals surface area contributed by atoms with Crippen molar-refractivity contribution in [3.63, 3.8) is 0 Å². The average Bonchev–Trinajstić information content (AvgIpc) is 2.68. The number of carbonyl (C=O) groups is 1. The summed E-state index contributed by atoms with van der Waals surface area (Å²) in [4.78, 5) is 15.7. The summed E-state index contributed by atoms with van der Waals surface area (Å²) >= 11 is 0. The fourth-order valence-electron chi connectivity index (χ4n) is 2.42. The highest BCUT2D eigenvalue weighted by Crippen LogP contribution is 2.30. The molecule has 5 nitrogen and oxygen atoms in total. The van der Waals surface area contributed by atoms with Gasteiger partial charge >= 0.3 is 6.09 Å². The third kappa shape index (κ3) is 1.43. The molecular weight excluding hydrogens is 218 g/mol. The van der Waals surface area contributed by atoms with Crippen molar-refractivity contribution in [3.8, 4) is 0 Å². The number of fused-ring (bicyclic) bond motifs is 3. The van der Waals surface area contributed by atoms with E-state index in [-0.39, 0.29) is 0 Å². The first-order chi connectivity index (χ1) is 8.16. The molecule has 1 aromatic carbocycles. The Labute approximate surface area is 97.8 Å². The van der Waals surface area contributed by atoms with Gasteiger partial charge < -0.3 is 20.7 Å². The Morgan fingerprint density at radius 2 is 2.29 bits per heavy atom. The lowest BCUT2D eigenvalue weighted by Crippen LogP contribution is -2.34. The highest BCUT2D eigenvalue weighted by molar-refractivity contribution is 5.93. The summed E-state index contributed by atoms with van der Waals surface area (Å²) in [6.45, 7) is 0.975. The molecule has 0 spiro atoms. The van der Waals surface area contributed by atoms with Crippen molar-refractivity contribution in [2.24, 2.45) is 0 Å². The number of carboxylic acid groups (broad SMARTS) is 1. The fraction of sp³-hybridized carbons (Fsp3) is 0.250. The van der Waals surface area contributed by atoms with Gasteiger partial charge in [0.05, 0.1) is 17.7 Å². The van der Waals surface area contributed by atoms with E-state index in [1.807, 2.05) is 18.2 Å². The number of hydrogen-bond donors (Lipinski definition) is 3. The van der Waals surface area contributed by atoms with Gasteiger partial charge in [0.2, 0.25) is 0 Å². The predicted octanol–water partition coefficient (Wildman–Crippen LogP) is 1.79. The zero-order chi connectivity index (χ0) is 12.0. The SMILES string of the molecule is Nc1cccc2c3c([nH]c12)CCN(C(=O)O)C3. The average molecular weight is 231 g/mol. The van der Waals surface area contributed by atoms with Crippen LogP contribution in [0.5, 0.6) is 0 Å². The predicted molar refractivity (Wildman–Crippen MR) is 64.8 cm³/mol. The minimum absolute atomic E-state index is 0.439. The molecule has 5 heteroatoms. The summed E-state index contributed by atoms with van der Waals surface area (Å²) in [6.07, 6.45) is -0.149. The molecule has 17 heavy (non-hydrogen) atoms. The normalized spacial score (nSPS) is 14.9. The Hall–Kier alpha value is -2.17. The number of nitrogens with two attached hydrogens (primary N) is 1. The van der Waals surface area contributed by atoms with E-state index in [1.165, 1.54) is 4.90 Å². The number of rotatable bonds is 0. The quantitative estimate of drug-likeness (QED) is 0.604. The van der Waals surface area contributed by atoms with E-state index in [0.29, 0.717) is 18.8 Å². The minimum atomic E-state index is -0.867. The fourth-order valence-corrected chi connectivity index (χ4v) is 2.42. The third-order valence-corrected chi connectivity index (χ3v) is 3.31. The van der Waals surface area contributed by atoms with Gasteiger partial charge in [0.1, 0.15) is 0 Å². The molecule has 0 saturated heterocycles. The van der Waals surface area contributed by atoms with E-state index in [4.69, 9.17) is 10.8 Å². The highest BCUT2D eigenvalue weighted by atomic mass is 16.4. The van der Waals surface area contributed by atoms with Crippen LogP contribution >= 0.6 is 0 Å². The minimum Gasteiger partial charge on any atom is -0.465 e. The Bertz CT molecular complexity index is 603. The zero-order valence-electron chi connectivity index (χ0n) is 9.23. The van der Waals surface area contributed by atoms with Crippen LogP contribution in [-0.2, 0) is 13.0 Å². The molecule has 0 unspecified atom stereocenters. The van der Waals surface area contributed by atoms with Gasteiger partial charge in [-0.3, -0.25) is 0 Å². The first-order valence-electron chi connectivity index (χ1n) is 5.52. The molecule has 0 fully saturated rings. The Balaban J connectivity index is 2.15. The van der Waals surface area contributed by atoms with Crippen molar-refractivity contribution < 1.29 is 9.90 Å². The van der Waals surface area contributed by atoms with Gasteiger partial charge in [-0.05, 0) is 6.07 Å². The number of benzene rings is 1. The van der Waals surface area contributed by atoms with Crippen molar-refractivity contribution >= 4 is 22.7 Å². The summed E-state index contributed by atoms with van der Waals surface area (Å²) < 4.78 is 0. The number of hydrogen-bond acceptors (Lipinski definition) is 2. The van der Waals surface area contributed by atoms with Gasteiger partial charge in [0.15, 0.2) is 0 Å². The molecule has 2 heterocycles. The van der Waals surface area contributed by atoms with Crippen LogP contribution < -0.4 is 5.73 Å². The third-order valence-electron chi connectivity index (χ3n) is 3.31. The lowest BCUT2D eigenvalue weighted by Gasteiger charge is -2.24. The first-order valence-corrected chi connectivity index (χ1v) is 5.52. The van der Waals surface area contributed by atoms with E-state index < -0.39 is 6.09 Å². The maximum atomic E-state index is 11.0. The van der Waals surface area contributed by atoms with Gasteiger partial charge in [-0.15, -0.1) is 0 Å². The molecule has 0 bridgehead atoms. The largest absolute Gasteiger partial charge is 0.465 e. The lowest BCUT2D eigenvalue weighted by molar-refractivity contribution is 0.140. The molecule has 1 aliphatic rings. The van der Waals surface area contributed by atoms with Crippen LogP contribution in [0.2, 0.25) is 0 Å². The van der Waals surface area contributed by atoms with Gasteiger partial charge in [-0.2, -0.15) is 0 Å². The number of anilines is 1. The van der Waals surface area contributed by atoms with Crippen LogP contribution in [0.1, 0.15) is 11.3 Å². The van der Waals surface area contributed by atoms with Crippen LogP contribution in [-0.4, -0.2) is 27.6 Å². The van der Waals surface area contributed by atoms with E-state index >= 15 is 0 Å². The van der Waals surface area contributed by atoms with Crippen LogP contribution in [0.25, 0.3) is 10.9 Å². The maximum absolute atomic E-state index is 11.0. The van der Waals surface area contributed by atoms with Gasteiger partial charge in [0.25, 0.3) is 0 Å². The van der Waals surface area contributed by atoms with Crippen LogP contribution in [0.3, 0.4) is 0 Å². The first kappa shape index (κ1) is 10.0. The molecule has 0 aliphatic carbocycles. The number of aromatic amines is 1. The summed E-state index contributed by atoms with van der Waals surface area (Å²) in [7, 11) is 0. The van der Waals surface area contributed by atoms with Crippen molar-refractivity contribution in [2.75, 3.05) is 12.3 Å². The molecule has 4 N–H and O–H groups in total. The molecule has 1 aliphatic heterocycles. The molecule has 2 aromatic rings. The zero-order valence-corrected chi connectivity index (χ0v) is 9.23. The second kappa shape index (κ2) is 3.41. The lowest BCUT2D eigenvalue weighted by atomic mass is 10.0. The van der Waals surface area contributed by atoms with Gasteiger partial charge in [-0.25, -0.2) is 4.79 Å². The molecular formula is C12H13N3O2. The number of para-hydroxylation sites is 1.